The van der Waals surface area contributed by atoms with Gasteiger partial charge in [-0.05, 0) is 34.1 Å². The van der Waals surface area contributed by atoms with Crippen molar-refractivity contribution in [1.29, 1.82) is 5.26 Å². The molecule has 1 aromatic rings. The Hall–Kier alpha value is -1.01. The van der Waals surface area contributed by atoms with E-state index in [0.717, 1.165) is 10.2 Å². The normalized spacial score (nSPS) is 8.82. The van der Waals surface area contributed by atoms with Gasteiger partial charge in [0.2, 0.25) is 0 Å². The summed E-state index contributed by atoms with van der Waals surface area (Å²) in [6.45, 7) is 0. The van der Waals surface area contributed by atoms with Gasteiger partial charge in [0, 0.05) is 17.2 Å². The smallest absolute Gasteiger partial charge is 0.100 e. The van der Waals surface area contributed by atoms with Gasteiger partial charge in [0.25, 0.3) is 0 Å². The van der Waals surface area contributed by atoms with Crippen LogP contribution in [-0.4, -0.2) is 7.05 Å². The second-order valence-electron chi connectivity index (χ2n) is 2.06. The van der Waals surface area contributed by atoms with Gasteiger partial charge in [-0.15, -0.1) is 0 Å². The molecule has 11 heavy (non-hydrogen) atoms. The van der Waals surface area contributed by atoms with E-state index in [4.69, 9.17) is 5.26 Å². The van der Waals surface area contributed by atoms with Gasteiger partial charge in [-0.1, -0.05) is 0 Å². The topological polar surface area (TPSA) is 35.8 Å². The molecule has 0 amide bonds. The third kappa shape index (κ3) is 1.72. The zero-order valence-electron chi connectivity index (χ0n) is 6.06. The summed E-state index contributed by atoms with van der Waals surface area (Å²) in [6.07, 6.45) is 0. The SMILES string of the molecule is CNc1ccc(C#N)c(Br)c1. The Morgan fingerprint density at radius 1 is 1.55 bits per heavy atom. The zero-order valence-corrected chi connectivity index (χ0v) is 7.64. The maximum Gasteiger partial charge on any atom is 0.100 e. The summed E-state index contributed by atoms with van der Waals surface area (Å²) in [5.41, 5.74) is 1.65. The summed E-state index contributed by atoms with van der Waals surface area (Å²) >= 11 is 3.29. The summed E-state index contributed by atoms with van der Waals surface area (Å²) in [6, 6.07) is 7.58. The standard InChI is InChI=1S/C8H7BrN2/c1-11-7-3-2-6(5-10)8(9)4-7/h2-4,11H,1H3. The van der Waals surface area contributed by atoms with Crippen molar-refractivity contribution < 1.29 is 0 Å². The molecule has 1 aromatic carbocycles. The van der Waals surface area contributed by atoms with Crippen LogP contribution in [0.1, 0.15) is 5.56 Å². The van der Waals surface area contributed by atoms with E-state index in [0.29, 0.717) is 5.56 Å². The number of benzene rings is 1. The Labute approximate surface area is 74.0 Å². The number of nitrogens with zero attached hydrogens (tertiary/aromatic N) is 1. The van der Waals surface area contributed by atoms with Gasteiger partial charge in [-0.25, -0.2) is 0 Å². The van der Waals surface area contributed by atoms with E-state index < -0.39 is 0 Å². The van der Waals surface area contributed by atoms with Crippen LogP contribution in [0.3, 0.4) is 0 Å². The summed E-state index contributed by atoms with van der Waals surface area (Å²) < 4.78 is 0.826. The van der Waals surface area contributed by atoms with Crippen molar-refractivity contribution in [1.82, 2.24) is 0 Å². The van der Waals surface area contributed by atoms with Gasteiger partial charge in [-0.3, -0.25) is 0 Å². The van der Waals surface area contributed by atoms with E-state index in [9.17, 15) is 0 Å². The largest absolute Gasteiger partial charge is 0.388 e. The lowest BCUT2D eigenvalue weighted by atomic mass is 10.2. The fraction of sp³-hybridized carbons (Fsp3) is 0.125. The van der Waals surface area contributed by atoms with E-state index in [1.54, 1.807) is 6.07 Å². The minimum Gasteiger partial charge on any atom is -0.388 e. The van der Waals surface area contributed by atoms with Gasteiger partial charge in [0.05, 0.1) is 5.56 Å². The Morgan fingerprint density at radius 3 is 2.73 bits per heavy atom. The molecule has 0 fully saturated rings. The molecule has 0 atom stereocenters. The van der Waals surface area contributed by atoms with Crippen molar-refractivity contribution in [3.05, 3.63) is 28.2 Å². The average molecular weight is 211 g/mol. The van der Waals surface area contributed by atoms with Crippen molar-refractivity contribution in [2.24, 2.45) is 0 Å². The van der Waals surface area contributed by atoms with Crippen LogP contribution in [0, 0.1) is 11.3 Å². The summed E-state index contributed by atoms with van der Waals surface area (Å²) in [4.78, 5) is 0. The number of rotatable bonds is 1. The fourth-order valence-corrected chi connectivity index (χ4v) is 1.23. The lowest BCUT2D eigenvalue weighted by molar-refractivity contribution is 1.44. The highest BCUT2D eigenvalue weighted by Crippen LogP contribution is 2.19. The Balaban J connectivity index is 3.12. The highest BCUT2D eigenvalue weighted by atomic mass is 79.9. The minimum atomic E-state index is 0.656. The maximum absolute atomic E-state index is 8.58. The van der Waals surface area contributed by atoms with Crippen LogP contribution in [0.25, 0.3) is 0 Å². The van der Waals surface area contributed by atoms with Gasteiger partial charge in [0.15, 0.2) is 0 Å². The van der Waals surface area contributed by atoms with Gasteiger partial charge in [0.1, 0.15) is 6.07 Å². The highest BCUT2D eigenvalue weighted by molar-refractivity contribution is 9.10. The van der Waals surface area contributed by atoms with Crippen molar-refractivity contribution in [3.8, 4) is 6.07 Å². The van der Waals surface area contributed by atoms with E-state index >= 15 is 0 Å². The highest BCUT2D eigenvalue weighted by Gasteiger charge is 1.97. The minimum absolute atomic E-state index is 0.656. The summed E-state index contributed by atoms with van der Waals surface area (Å²) in [5, 5.41) is 11.6. The molecule has 3 heteroatoms. The number of hydrogen-bond donors (Lipinski definition) is 1. The number of halogens is 1. The second kappa shape index (κ2) is 3.40. The molecule has 0 saturated carbocycles. The van der Waals surface area contributed by atoms with Gasteiger partial charge in [-0.2, -0.15) is 5.26 Å². The van der Waals surface area contributed by atoms with Crippen LogP contribution >= 0.6 is 15.9 Å². The van der Waals surface area contributed by atoms with Crippen LogP contribution < -0.4 is 5.32 Å². The number of hydrogen-bond acceptors (Lipinski definition) is 2. The summed E-state index contributed by atoms with van der Waals surface area (Å²) in [7, 11) is 1.84. The van der Waals surface area contributed by atoms with Crippen molar-refractivity contribution in [2.45, 2.75) is 0 Å². The van der Waals surface area contributed by atoms with Crippen LogP contribution in [-0.2, 0) is 0 Å². The molecule has 0 aliphatic heterocycles. The average Bonchev–Trinajstić information content (AvgIpc) is 2.04. The Bertz CT molecular complexity index is 301. The van der Waals surface area contributed by atoms with Crippen LogP contribution in [0.15, 0.2) is 22.7 Å². The van der Waals surface area contributed by atoms with E-state index in [2.05, 4.69) is 27.3 Å². The van der Waals surface area contributed by atoms with Crippen molar-refractivity contribution in [2.75, 3.05) is 12.4 Å². The molecule has 0 saturated heterocycles. The molecule has 0 aliphatic rings. The molecule has 0 unspecified atom stereocenters. The summed E-state index contributed by atoms with van der Waals surface area (Å²) in [5.74, 6) is 0. The number of nitrogens with one attached hydrogen (secondary N) is 1. The van der Waals surface area contributed by atoms with Crippen LogP contribution in [0.5, 0.6) is 0 Å². The number of nitriles is 1. The predicted octanol–water partition coefficient (Wildman–Crippen LogP) is 2.36. The maximum atomic E-state index is 8.58. The first-order valence-corrected chi connectivity index (χ1v) is 3.94. The van der Waals surface area contributed by atoms with Crippen molar-refractivity contribution in [3.63, 3.8) is 0 Å². The molecular formula is C8H7BrN2. The Morgan fingerprint density at radius 2 is 2.27 bits per heavy atom. The van der Waals surface area contributed by atoms with Gasteiger partial charge < -0.3 is 5.32 Å². The first-order valence-electron chi connectivity index (χ1n) is 3.15. The Kier molecular flexibility index (Phi) is 2.50. The molecule has 0 aromatic heterocycles. The zero-order chi connectivity index (χ0) is 8.27. The molecule has 1 N–H and O–H groups in total. The molecule has 0 aliphatic carbocycles. The molecule has 0 radical (unpaired) electrons. The molecule has 2 nitrogen and oxygen atoms in total. The lowest BCUT2D eigenvalue weighted by Crippen LogP contribution is -1.87. The first kappa shape index (κ1) is 8.09. The third-order valence-corrected chi connectivity index (χ3v) is 2.03. The molecule has 0 bridgehead atoms. The third-order valence-electron chi connectivity index (χ3n) is 1.38. The second-order valence-corrected chi connectivity index (χ2v) is 2.91. The molecule has 1 rings (SSSR count). The molecular weight excluding hydrogens is 204 g/mol. The van der Waals surface area contributed by atoms with Crippen LogP contribution in [0.2, 0.25) is 0 Å². The molecule has 0 spiro atoms. The quantitative estimate of drug-likeness (QED) is 0.773. The fourth-order valence-electron chi connectivity index (χ4n) is 0.761. The molecule has 0 heterocycles. The predicted molar refractivity (Wildman–Crippen MR) is 48.4 cm³/mol. The monoisotopic (exact) mass is 210 g/mol. The molecule has 56 valence electrons. The van der Waals surface area contributed by atoms with E-state index in [1.165, 1.54) is 0 Å². The van der Waals surface area contributed by atoms with E-state index in [1.807, 2.05) is 19.2 Å². The van der Waals surface area contributed by atoms with E-state index in [-0.39, 0.29) is 0 Å². The number of anilines is 1. The lowest BCUT2D eigenvalue weighted by Gasteiger charge is -2.00. The first-order chi connectivity index (χ1) is 5.27. The van der Waals surface area contributed by atoms with Crippen molar-refractivity contribution >= 4 is 21.6 Å². The van der Waals surface area contributed by atoms with Gasteiger partial charge >= 0.3 is 0 Å². The van der Waals surface area contributed by atoms with Crippen LogP contribution in [0.4, 0.5) is 5.69 Å².